The van der Waals surface area contributed by atoms with Crippen molar-refractivity contribution in [2.75, 3.05) is 5.75 Å². The van der Waals surface area contributed by atoms with Crippen LogP contribution in [0.2, 0.25) is 0 Å². The Balaban J connectivity index is 3.40. The minimum Gasteiger partial charge on any atom is -0.159 e. The first-order valence-electron chi connectivity index (χ1n) is 8.76. The highest BCUT2D eigenvalue weighted by atomic mass is 32.2. The van der Waals surface area contributed by atoms with Crippen molar-refractivity contribution in [3.05, 3.63) is 6.92 Å². The molecule has 0 N–H and O–H groups in total. The van der Waals surface area contributed by atoms with Crippen LogP contribution in [-0.2, 0) is 0 Å². The van der Waals surface area contributed by atoms with Crippen LogP contribution in [0.25, 0.3) is 0 Å². The molecule has 1 unspecified atom stereocenters. The predicted molar refractivity (Wildman–Crippen MR) is 93.0 cm³/mol. The zero-order valence-electron chi connectivity index (χ0n) is 13.6. The fourth-order valence-corrected chi connectivity index (χ4v) is 3.71. The SMILES string of the molecule is [CH2]CCCC(CCCCCCCCCC)SCCC. The lowest BCUT2D eigenvalue weighted by Crippen LogP contribution is -2.03. The molecule has 0 saturated heterocycles. The van der Waals surface area contributed by atoms with Crippen molar-refractivity contribution in [3.8, 4) is 0 Å². The zero-order valence-corrected chi connectivity index (χ0v) is 14.4. The quantitative estimate of drug-likeness (QED) is 0.291. The third kappa shape index (κ3) is 14.6. The lowest BCUT2D eigenvalue weighted by atomic mass is 10.0. The highest BCUT2D eigenvalue weighted by Gasteiger charge is 2.07. The third-order valence-corrected chi connectivity index (χ3v) is 5.30. The molecule has 0 spiro atoms. The second kappa shape index (κ2) is 16.4. The second-order valence-electron chi connectivity index (χ2n) is 5.75. The first kappa shape index (κ1) is 19.4. The average molecular weight is 286 g/mol. The smallest absolute Gasteiger partial charge is 0.00470 e. The molecule has 0 aromatic carbocycles. The van der Waals surface area contributed by atoms with Crippen molar-refractivity contribution in [2.45, 2.75) is 103 Å². The Morgan fingerprint density at radius 1 is 0.737 bits per heavy atom. The topological polar surface area (TPSA) is 0 Å². The summed E-state index contributed by atoms with van der Waals surface area (Å²) in [6.45, 7) is 8.56. The Labute approximate surface area is 127 Å². The minimum absolute atomic E-state index is 0.918. The van der Waals surface area contributed by atoms with Gasteiger partial charge in [-0.05, 0) is 25.0 Å². The second-order valence-corrected chi connectivity index (χ2v) is 7.16. The summed E-state index contributed by atoms with van der Waals surface area (Å²) in [7, 11) is 0. The van der Waals surface area contributed by atoms with Crippen LogP contribution in [0.1, 0.15) is 97.3 Å². The fourth-order valence-electron chi connectivity index (χ4n) is 2.47. The first-order valence-corrected chi connectivity index (χ1v) is 9.80. The maximum Gasteiger partial charge on any atom is 0.00470 e. The minimum atomic E-state index is 0.918. The van der Waals surface area contributed by atoms with E-state index < -0.39 is 0 Å². The lowest BCUT2D eigenvalue weighted by molar-refractivity contribution is 0.550. The molecule has 0 heterocycles. The van der Waals surface area contributed by atoms with Crippen LogP contribution in [0.3, 0.4) is 0 Å². The number of hydrogen-bond donors (Lipinski definition) is 0. The summed E-state index contributed by atoms with van der Waals surface area (Å²) < 4.78 is 0. The van der Waals surface area contributed by atoms with Crippen LogP contribution in [0, 0.1) is 6.92 Å². The van der Waals surface area contributed by atoms with Crippen molar-refractivity contribution in [2.24, 2.45) is 0 Å². The Kier molecular flexibility index (Phi) is 16.7. The molecule has 0 bridgehead atoms. The molecular weight excluding hydrogens is 248 g/mol. The zero-order chi connectivity index (χ0) is 14.2. The Morgan fingerprint density at radius 2 is 1.32 bits per heavy atom. The van der Waals surface area contributed by atoms with Gasteiger partial charge in [0.1, 0.15) is 0 Å². The maximum atomic E-state index is 3.97. The molecule has 115 valence electrons. The van der Waals surface area contributed by atoms with Gasteiger partial charge in [-0.3, -0.25) is 0 Å². The maximum absolute atomic E-state index is 3.97. The van der Waals surface area contributed by atoms with Gasteiger partial charge in [-0.15, -0.1) is 0 Å². The summed E-state index contributed by atoms with van der Waals surface area (Å²) in [6, 6.07) is 0. The van der Waals surface area contributed by atoms with Crippen molar-refractivity contribution in [1.82, 2.24) is 0 Å². The van der Waals surface area contributed by atoms with Crippen molar-refractivity contribution >= 4 is 11.8 Å². The van der Waals surface area contributed by atoms with Crippen LogP contribution >= 0.6 is 11.8 Å². The highest BCUT2D eigenvalue weighted by Crippen LogP contribution is 2.24. The number of hydrogen-bond acceptors (Lipinski definition) is 1. The molecule has 0 aliphatic rings. The molecule has 1 atom stereocenters. The normalized spacial score (nSPS) is 12.8. The van der Waals surface area contributed by atoms with E-state index in [1.165, 1.54) is 82.8 Å². The van der Waals surface area contributed by atoms with E-state index in [-0.39, 0.29) is 0 Å². The van der Waals surface area contributed by atoms with Gasteiger partial charge < -0.3 is 0 Å². The van der Waals surface area contributed by atoms with Crippen molar-refractivity contribution < 1.29 is 0 Å². The monoisotopic (exact) mass is 285 g/mol. The summed E-state index contributed by atoms with van der Waals surface area (Å²) in [4.78, 5) is 0. The Morgan fingerprint density at radius 3 is 1.89 bits per heavy atom. The molecule has 0 aromatic heterocycles. The molecule has 1 radical (unpaired) electrons. The summed E-state index contributed by atoms with van der Waals surface area (Å²) in [5.74, 6) is 1.35. The molecule has 19 heavy (non-hydrogen) atoms. The van der Waals surface area contributed by atoms with E-state index in [9.17, 15) is 0 Å². The largest absolute Gasteiger partial charge is 0.159 e. The third-order valence-electron chi connectivity index (χ3n) is 3.71. The van der Waals surface area contributed by atoms with Gasteiger partial charge in [-0.25, -0.2) is 0 Å². The van der Waals surface area contributed by atoms with Gasteiger partial charge in [-0.1, -0.05) is 85.0 Å². The van der Waals surface area contributed by atoms with Crippen LogP contribution in [0.15, 0.2) is 0 Å². The van der Waals surface area contributed by atoms with Gasteiger partial charge in [0.05, 0.1) is 0 Å². The van der Waals surface area contributed by atoms with Gasteiger partial charge in [0, 0.05) is 5.25 Å². The summed E-state index contributed by atoms with van der Waals surface area (Å²) in [6.07, 6.45) is 18.1. The lowest BCUT2D eigenvalue weighted by Gasteiger charge is -2.15. The van der Waals surface area contributed by atoms with E-state index in [0.717, 1.165) is 11.7 Å². The molecule has 0 nitrogen and oxygen atoms in total. The Hall–Kier alpha value is 0.350. The summed E-state index contributed by atoms with van der Waals surface area (Å²) in [5.41, 5.74) is 0. The van der Waals surface area contributed by atoms with Gasteiger partial charge in [0.15, 0.2) is 0 Å². The molecule has 0 aromatic rings. The molecule has 0 aliphatic heterocycles. The average Bonchev–Trinajstić information content (AvgIpc) is 2.43. The first-order chi connectivity index (χ1) is 9.35. The molecule has 0 amide bonds. The van der Waals surface area contributed by atoms with E-state index in [1.54, 1.807) is 0 Å². The predicted octanol–water partition coefficient (Wildman–Crippen LogP) is 7.03. The molecule has 0 rings (SSSR count). The van der Waals surface area contributed by atoms with Crippen LogP contribution in [0.4, 0.5) is 0 Å². The molecular formula is C18H37S. The fraction of sp³-hybridized carbons (Fsp3) is 0.944. The van der Waals surface area contributed by atoms with Crippen LogP contribution < -0.4 is 0 Å². The van der Waals surface area contributed by atoms with Crippen molar-refractivity contribution in [1.29, 1.82) is 0 Å². The molecule has 0 fully saturated rings. The highest BCUT2D eigenvalue weighted by molar-refractivity contribution is 7.99. The van der Waals surface area contributed by atoms with Gasteiger partial charge >= 0.3 is 0 Å². The van der Waals surface area contributed by atoms with Crippen molar-refractivity contribution in [3.63, 3.8) is 0 Å². The van der Waals surface area contributed by atoms with E-state index in [2.05, 4.69) is 32.5 Å². The van der Waals surface area contributed by atoms with Gasteiger partial charge in [0.2, 0.25) is 0 Å². The van der Waals surface area contributed by atoms with Gasteiger partial charge in [0.25, 0.3) is 0 Å². The van der Waals surface area contributed by atoms with E-state index in [0.29, 0.717) is 0 Å². The van der Waals surface area contributed by atoms with E-state index >= 15 is 0 Å². The summed E-state index contributed by atoms with van der Waals surface area (Å²) >= 11 is 2.21. The number of unbranched alkanes of at least 4 members (excludes halogenated alkanes) is 8. The standard InChI is InChI=1S/C18H37S/c1-4-7-9-10-11-12-13-14-16-18(15-8-5-2)19-17-6-3/h18H,2,4-17H2,1,3H3. The summed E-state index contributed by atoms with van der Waals surface area (Å²) in [5, 5.41) is 0.918. The van der Waals surface area contributed by atoms with Gasteiger partial charge in [-0.2, -0.15) is 11.8 Å². The Bertz CT molecular complexity index is 148. The van der Waals surface area contributed by atoms with Crippen LogP contribution in [-0.4, -0.2) is 11.0 Å². The molecule has 0 aliphatic carbocycles. The molecule has 0 saturated carbocycles. The van der Waals surface area contributed by atoms with E-state index in [4.69, 9.17) is 0 Å². The number of rotatable bonds is 15. The van der Waals surface area contributed by atoms with E-state index in [1.807, 2.05) is 0 Å². The molecule has 1 heteroatoms. The number of thioether (sulfide) groups is 1. The van der Waals surface area contributed by atoms with Crippen LogP contribution in [0.5, 0.6) is 0 Å².